The second-order valence-corrected chi connectivity index (χ2v) is 3.91. The third kappa shape index (κ3) is 3.47. The molecule has 0 aliphatic heterocycles. The molecule has 1 amide bonds. The third-order valence-electron chi connectivity index (χ3n) is 2.38. The van der Waals surface area contributed by atoms with Gasteiger partial charge in [0.05, 0.1) is 6.20 Å². The van der Waals surface area contributed by atoms with Crippen molar-refractivity contribution in [2.24, 2.45) is 0 Å². The molecule has 0 bridgehead atoms. The van der Waals surface area contributed by atoms with E-state index in [1.54, 1.807) is 0 Å². The summed E-state index contributed by atoms with van der Waals surface area (Å²) in [5.74, 6) is -2.05. The van der Waals surface area contributed by atoms with E-state index in [0.717, 1.165) is 12.1 Å². The summed E-state index contributed by atoms with van der Waals surface area (Å²) in [4.78, 5) is 19.4. The summed E-state index contributed by atoms with van der Waals surface area (Å²) in [6.45, 7) is 1.44. The maximum absolute atomic E-state index is 13.4. The van der Waals surface area contributed by atoms with E-state index in [4.69, 9.17) is 4.74 Å². The van der Waals surface area contributed by atoms with Crippen LogP contribution in [0.1, 0.15) is 6.92 Å². The lowest BCUT2D eigenvalue weighted by molar-refractivity contribution is -0.122. The molecule has 0 aliphatic rings. The van der Waals surface area contributed by atoms with Gasteiger partial charge in [0.25, 0.3) is 5.91 Å². The Kier molecular flexibility index (Phi) is 4.19. The van der Waals surface area contributed by atoms with Crippen LogP contribution in [0.15, 0.2) is 36.8 Å². The van der Waals surface area contributed by atoms with E-state index in [-0.39, 0.29) is 11.6 Å². The standard InChI is InChI=1S/C13H11F2N3O2/c1-8(13(19)18-12-7-16-4-5-17-12)20-11-3-2-9(14)6-10(11)15/h2-8H,1H3,(H,17,18,19)/t8-/m0/s1. The summed E-state index contributed by atoms with van der Waals surface area (Å²) < 4.78 is 31.3. The Morgan fingerprint density at radius 1 is 1.35 bits per heavy atom. The fourth-order valence-electron chi connectivity index (χ4n) is 1.41. The second-order valence-electron chi connectivity index (χ2n) is 3.91. The fourth-order valence-corrected chi connectivity index (χ4v) is 1.41. The van der Waals surface area contributed by atoms with Crippen molar-refractivity contribution < 1.29 is 18.3 Å². The van der Waals surface area contributed by atoms with Gasteiger partial charge in [0.1, 0.15) is 5.82 Å². The SMILES string of the molecule is C[C@H](Oc1ccc(F)cc1F)C(=O)Nc1cnccn1. The van der Waals surface area contributed by atoms with Crippen LogP contribution in [-0.4, -0.2) is 22.0 Å². The van der Waals surface area contributed by atoms with Gasteiger partial charge in [-0.25, -0.2) is 13.8 Å². The first kappa shape index (κ1) is 13.9. The summed E-state index contributed by atoms with van der Waals surface area (Å²) >= 11 is 0. The van der Waals surface area contributed by atoms with Crippen molar-refractivity contribution in [1.82, 2.24) is 9.97 Å². The Labute approximate surface area is 113 Å². The van der Waals surface area contributed by atoms with Crippen LogP contribution < -0.4 is 10.1 Å². The Hall–Kier alpha value is -2.57. The number of amides is 1. The number of benzene rings is 1. The minimum Gasteiger partial charge on any atom is -0.478 e. The number of carbonyl (C=O) groups excluding carboxylic acids is 1. The zero-order valence-corrected chi connectivity index (χ0v) is 10.5. The Balaban J connectivity index is 2.00. The average molecular weight is 279 g/mol. The highest BCUT2D eigenvalue weighted by atomic mass is 19.1. The molecule has 0 saturated carbocycles. The van der Waals surface area contributed by atoms with Crippen molar-refractivity contribution in [3.8, 4) is 5.75 Å². The second kappa shape index (κ2) is 6.05. The highest BCUT2D eigenvalue weighted by Crippen LogP contribution is 2.19. The molecule has 5 nitrogen and oxygen atoms in total. The number of nitrogens with zero attached hydrogens (tertiary/aromatic N) is 2. The van der Waals surface area contributed by atoms with E-state index in [0.29, 0.717) is 6.07 Å². The van der Waals surface area contributed by atoms with Gasteiger partial charge in [0.2, 0.25) is 0 Å². The van der Waals surface area contributed by atoms with Crippen LogP contribution in [0.2, 0.25) is 0 Å². The van der Waals surface area contributed by atoms with Crippen LogP contribution >= 0.6 is 0 Å². The highest BCUT2D eigenvalue weighted by molar-refractivity contribution is 5.93. The number of carbonyl (C=O) groups is 1. The van der Waals surface area contributed by atoms with Crippen LogP contribution in [0.25, 0.3) is 0 Å². The minimum atomic E-state index is -0.975. The first-order valence-electron chi connectivity index (χ1n) is 5.75. The Morgan fingerprint density at radius 2 is 2.15 bits per heavy atom. The number of hydrogen-bond acceptors (Lipinski definition) is 4. The lowest BCUT2D eigenvalue weighted by Crippen LogP contribution is -2.30. The zero-order chi connectivity index (χ0) is 14.5. The molecule has 104 valence electrons. The maximum atomic E-state index is 13.4. The topological polar surface area (TPSA) is 64.1 Å². The molecule has 0 fully saturated rings. The van der Waals surface area contributed by atoms with E-state index in [9.17, 15) is 13.6 Å². The van der Waals surface area contributed by atoms with Crippen LogP contribution in [-0.2, 0) is 4.79 Å². The third-order valence-corrected chi connectivity index (χ3v) is 2.38. The predicted octanol–water partition coefficient (Wildman–Crippen LogP) is 2.16. The van der Waals surface area contributed by atoms with Gasteiger partial charge in [-0.15, -0.1) is 0 Å². The monoisotopic (exact) mass is 279 g/mol. The maximum Gasteiger partial charge on any atom is 0.266 e. The molecule has 1 N–H and O–H groups in total. The molecule has 1 heterocycles. The van der Waals surface area contributed by atoms with Crippen LogP contribution in [0, 0.1) is 11.6 Å². The Morgan fingerprint density at radius 3 is 2.80 bits per heavy atom. The van der Waals surface area contributed by atoms with Crippen LogP contribution in [0.3, 0.4) is 0 Å². The van der Waals surface area contributed by atoms with Gasteiger partial charge in [-0.3, -0.25) is 9.78 Å². The van der Waals surface area contributed by atoms with Crippen molar-refractivity contribution in [2.75, 3.05) is 5.32 Å². The summed E-state index contributed by atoms with van der Waals surface area (Å²) in [6.07, 6.45) is 3.27. The smallest absolute Gasteiger partial charge is 0.266 e. The molecule has 7 heteroatoms. The summed E-state index contributed by atoms with van der Waals surface area (Å²) in [7, 11) is 0. The van der Waals surface area contributed by atoms with E-state index in [1.807, 2.05) is 0 Å². The van der Waals surface area contributed by atoms with Gasteiger partial charge < -0.3 is 10.1 Å². The summed E-state index contributed by atoms with van der Waals surface area (Å²) in [5.41, 5.74) is 0. The molecule has 0 radical (unpaired) electrons. The lowest BCUT2D eigenvalue weighted by Gasteiger charge is -2.14. The molecule has 0 spiro atoms. The fraction of sp³-hybridized carbons (Fsp3) is 0.154. The number of hydrogen-bond donors (Lipinski definition) is 1. The van der Waals surface area contributed by atoms with E-state index < -0.39 is 23.6 Å². The van der Waals surface area contributed by atoms with Gasteiger partial charge in [0.15, 0.2) is 23.5 Å². The molecule has 2 aromatic rings. The molecule has 0 unspecified atom stereocenters. The molecule has 1 aromatic heterocycles. The first-order valence-corrected chi connectivity index (χ1v) is 5.75. The molecule has 0 aliphatic carbocycles. The lowest BCUT2D eigenvalue weighted by atomic mass is 10.3. The largest absolute Gasteiger partial charge is 0.478 e. The predicted molar refractivity (Wildman–Crippen MR) is 67.1 cm³/mol. The number of ether oxygens (including phenoxy) is 1. The summed E-state index contributed by atoms with van der Waals surface area (Å²) in [6, 6.07) is 2.85. The van der Waals surface area contributed by atoms with Crippen LogP contribution in [0.5, 0.6) is 5.75 Å². The van der Waals surface area contributed by atoms with Crippen molar-refractivity contribution in [1.29, 1.82) is 0 Å². The van der Waals surface area contributed by atoms with Crippen molar-refractivity contribution in [2.45, 2.75) is 13.0 Å². The molecule has 2 rings (SSSR count). The molecule has 20 heavy (non-hydrogen) atoms. The minimum absolute atomic E-state index is 0.201. The van der Waals surface area contributed by atoms with E-state index in [2.05, 4.69) is 15.3 Å². The van der Waals surface area contributed by atoms with E-state index >= 15 is 0 Å². The van der Waals surface area contributed by atoms with Crippen LogP contribution in [0.4, 0.5) is 14.6 Å². The molecule has 1 aromatic carbocycles. The van der Waals surface area contributed by atoms with Gasteiger partial charge in [0, 0.05) is 18.5 Å². The summed E-state index contributed by atoms with van der Waals surface area (Å²) in [5, 5.41) is 2.46. The van der Waals surface area contributed by atoms with Gasteiger partial charge in [-0.2, -0.15) is 0 Å². The Bertz CT molecular complexity index is 608. The zero-order valence-electron chi connectivity index (χ0n) is 10.5. The number of rotatable bonds is 4. The number of nitrogens with one attached hydrogen (secondary N) is 1. The van der Waals surface area contributed by atoms with Gasteiger partial charge in [-0.05, 0) is 19.1 Å². The molecular weight excluding hydrogens is 268 g/mol. The van der Waals surface area contributed by atoms with Crippen molar-refractivity contribution in [3.05, 3.63) is 48.4 Å². The molecule has 1 atom stereocenters. The van der Waals surface area contributed by atoms with Gasteiger partial charge in [-0.1, -0.05) is 0 Å². The van der Waals surface area contributed by atoms with Gasteiger partial charge >= 0.3 is 0 Å². The van der Waals surface area contributed by atoms with Crippen molar-refractivity contribution >= 4 is 11.7 Å². The average Bonchev–Trinajstić information content (AvgIpc) is 2.43. The first-order chi connectivity index (χ1) is 9.56. The van der Waals surface area contributed by atoms with E-state index in [1.165, 1.54) is 25.5 Å². The van der Waals surface area contributed by atoms with Crippen molar-refractivity contribution in [3.63, 3.8) is 0 Å². The number of aromatic nitrogens is 2. The number of anilines is 1. The normalized spacial score (nSPS) is 11.8. The highest BCUT2D eigenvalue weighted by Gasteiger charge is 2.17. The molecule has 0 saturated heterocycles. The molecular formula is C13H11F2N3O2. The quantitative estimate of drug-likeness (QED) is 0.931. The number of halogens is 2.